The summed E-state index contributed by atoms with van der Waals surface area (Å²) in [6, 6.07) is 0. The normalized spacial score (nSPS) is 16.2. The largest absolute Gasteiger partial charge is 0.349 e. The van der Waals surface area contributed by atoms with Crippen molar-refractivity contribution in [2.75, 3.05) is 14.1 Å². The van der Waals surface area contributed by atoms with Crippen LogP contribution in [0.15, 0.2) is 0 Å². The first-order valence-corrected chi connectivity index (χ1v) is 6.13. The summed E-state index contributed by atoms with van der Waals surface area (Å²) in [7, 11) is 3.64. The van der Waals surface area contributed by atoms with Crippen LogP contribution in [0.5, 0.6) is 0 Å². The Bertz CT molecular complexity index is 196. The lowest BCUT2D eigenvalue weighted by molar-refractivity contribution is -0.134. The number of halogens is 1. The van der Waals surface area contributed by atoms with Gasteiger partial charge in [-0.25, -0.2) is 0 Å². The van der Waals surface area contributed by atoms with Crippen molar-refractivity contribution in [3.05, 3.63) is 0 Å². The molecule has 84 valence electrons. The van der Waals surface area contributed by atoms with Crippen molar-refractivity contribution in [1.82, 2.24) is 4.90 Å². The third-order valence-corrected chi connectivity index (χ3v) is 2.93. The summed E-state index contributed by atoms with van der Waals surface area (Å²) >= 11 is 2.44. The molecule has 2 nitrogen and oxygen atoms in total. The highest BCUT2D eigenvalue weighted by atomic mass is 127. The maximum absolute atomic E-state index is 11.7. The van der Waals surface area contributed by atoms with Gasteiger partial charge in [-0.05, 0) is 12.3 Å². The summed E-state index contributed by atoms with van der Waals surface area (Å²) < 4.78 is 0.276. The number of hydrogen-bond acceptors (Lipinski definition) is 1. The predicted molar refractivity (Wildman–Crippen MR) is 69.7 cm³/mol. The summed E-state index contributed by atoms with van der Waals surface area (Å²) in [5.74, 6) is 0.800. The van der Waals surface area contributed by atoms with Gasteiger partial charge < -0.3 is 4.90 Å². The van der Waals surface area contributed by atoms with Crippen LogP contribution in [0.3, 0.4) is 0 Å². The highest BCUT2D eigenvalue weighted by Gasteiger charge is 2.26. The molecule has 0 radical (unpaired) electrons. The monoisotopic (exact) mass is 311 g/mol. The lowest BCUT2D eigenvalue weighted by Gasteiger charge is -2.27. The molecule has 0 heterocycles. The zero-order valence-corrected chi connectivity index (χ0v) is 12.3. The first-order chi connectivity index (χ1) is 6.15. The molecular weight excluding hydrogens is 289 g/mol. The van der Waals surface area contributed by atoms with Gasteiger partial charge in [-0.15, -0.1) is 0 Å². The minimum Gasteiger partial charge on any atom is -0.349 e. The molecule has 0 spiro atoms. The van der Waals surface area contributed by atoms with Crippen molar-refractivity contribution < 1.29 is 4.79 Å². The van der Waals surface area contributed by atoms with Crippen LogP contribution in [0.1, 0.15) is 34.1 Å². The molecular formula is C11H22INO. The van der Waals surface area contributed by atoms with Gasteiger partial charge in [-0.3, -0.25) is 4.79 Å². The summed E-state index contributed by atoms with van der Waals surface area (Å²) in [6.07, 6.45) is 1.08. The average molecular weight is 311 g/mol. The molecule has 14 heavy (non-hydrogen) atoms. The van der Waals surface area contributed by atoms with E-state index in [9.17, 15) is 4.79 Å². The Morgan fingerprint density at radius 1 is 1.36 bits per heavy atom. The number of carbonyl (C=O) groups excluding carboxylic acids is 1. The molecule has 0 aliphatic heterocycles. The molecule has 0 aromatic carbocycles. The Hall–Kier alpha value is 0.200. The van der Waals surface area contributed by atoms with Crippen molar-refractivity contribution >= 4 is 28.5 Å². The van der Waals surface area contributed by atoms with E-state index in [1.54, 1.807) is 4.90 Å². The minimum absolute atomic E-state index is 0.124. The number of hydrogen-bond donors (Lipinski definition) is 0. The van der Waals surface area contributed by atoms with Crippen LogP contribution in [-0.2, 0) is 4.79 Å². The molecule has 2 atom stereocenters. The van der Waals surface area contributed by atoms with Gasteiger partial charge in [0.25, 0.3) is 0 Å². The molecule has 0 N–H and O–H groups in total. The van der Waals surface area contributed by atoms with Crippen LogP contribution in [0.25, 0.3) is 0 Å². The van der Waals surface area contributed by atoms with Gasteiger partial charge in [0, 0.05) is 23.4 Å². The van der Waals surface area contributed by atoms with E-state index < -0.39 is 0 Å². The van der Waals surface area contributed by atoms with Gasteiger partial charge in [0.15, 0.2) is 0 Å². The van der Waals surface area contributed by atoms with E-state index >= 15 is 0 Å². The van der Waals surface area contributed by atoms with E-state index in [2.05, 4.69) is 43.4 Å². The first-order valence-electron chi connectivity index (χ1n) is 5.05. The van der Waals surface area contributed by atoms with Crippen LogP contribution in [0.2, 0.25) is 0 Å². The van der Waals surface area contributed by atoms with Gasteiger partial charge in [0.1, 0.15) is 0 Å². The van der Waals surface area contributed by atoms with Crippen LogP contribution >= 0.6 is 22.6 Å². The van der Waals surface area contributed by atoms with Crippen LogP contribution in [-0.4, -0.2) is 28.3 Å². The first kappa shape index (κ1) is 14.2. The maximum atomic E-state index is 11.7. The molecule has 1 amide bonds. The van der Waals surface area contributed by atoms with Crippen molar-refractivity contribution in [2.24, 2.45) is 11.8 Å². The fourth-order valence-corrected chi connectivity index (χ4v) is 2.29. The van der Waals surface area contributed by atoms with Gasteiger partial charge >= 0.3 is 0 Å². The minimum atomic E-state index is 0.124. The Morgan fingerprint density at radius 3 is 2.07 bits per heavy atom. The van der Waals surface area contributed by atoms with Crippen molar-refractivity contribution in [1.29, 1.82) is 0 Å². The molecule has 2 unspecified atom stereocenters. The standard InChI is InChI=1S/C11H22INO/c1-8(7-11(3,4)12)9(2)10(14)13(5)6/h8-9H,7H2,1-6H3. The third kappa shape index (κ3) is 5.17. The van der Waals surface area contributed by atoms with E-state index in [0.29, 0.717) is 5.92 Å². The van der Waals surface area contributed by atoms with Crippen LogP contribution in [0.4, 0.5) is 0 Å². The second-order valence-corrected chi connectivity index (χ2v) is 7.84. The molecule has 0 bridgehead atoms. The van der Waals surface area contributed by atoms with E-state index in [1.807, 2.05) is 21.0 Å². The smallest absolute Gasteiger partial charge is 0.225 e. The Kier molecular flexibility index (Phi) is 5.41. The molecule has 0 aliphatic carbocycles. The zero-order chi connectivity index (χ0) is 11.5. The average Bonchev–Trinajstić information content (AvgIpc) is 1.98. The van der Waals surface area contributed by atoms with Gasteiger partial charge in [-0.2, -0.15) is 0 Å². The third-order valence-electron chi connectivity index (χ3n) is 2.49. The quantitative estimate of drug-likeness (QED) is 0.577. The lowest BCUT2D eigenvalue weighted by atomic mass is 9.87. The molecule has 0 fully saturated rings. The highest BCUT2D eigenvalue weighted by Crippen LogP contribution is 2.30. The van der Waals surface area contributed by atoms with Crippen molar-refractivity contribution in [3.8, 4) is 0 Å². The predicted octanol–water partition coefficient (Wildman–Crippen LogP) is 2.95. The fraction of sp³-hybridized carbons (Fsp3) is 0.909. The fourth-order valence-electron chi connectivity index (χ4n) is 1.59. The maximum Gasteiger partial charge on any atom is 0.225 e. The van der Waals surface area contributed by atoms with Crippen LogP contribution < -0.4 is 0 Å². The van der Waals surface area contributed by atoms with Crippen molar-refractivity contribution in [2.45, 2.75) is 37.5 Å². The molecule has 3 heteroatoms. The van der Waals surface area contributed by atoms with E-state index in [-0.39, 0.29) is 15.2 Å². The molecule has 0 saturated heterocycles. The number of rotatable bonds is 4. The molecule has 0 aromatic heterocycles. The van der Waals surface area contributed by atoms with Crippen LogP contribution in [0, 0.1) is 11.8 Å². The van der Waals surface area contributed by atoms with Crippen molar-refractivity contribution in [3.63, 3.8) is 0 Å². The van der Waals surface area contributed by atoms with Gasteiger partial charge in [-0.1, -0.05) is 50.3 Å². The van der Waals surface area contributed by atoms with Gasteiger partial charge in [0.05, 0.1) is 0 Å². The summed E-state index contributed by atoms with van der Waals surface area (Å²) in [4.78, 5) is 13.4. The van der Waals surface area contributed by atoms with Gasteiger partial charge in [0.2, 0.25) is 5.91 Å². The molecule has 0 saturated carbocycles. The number of carbonyl (C=O) groups is 1. The molecule has 0 aromatic rings. The van der Waals surface area contributed by atoms with E-state index in [1.165, 1.54) is 0 Å². The zero-order valence-electron chi connectivity index (χ0n) is 10.1. The summed E-state index contributed by atoms with van der Waals surface area (Å²) in [6.45, 7) is 8.59. The highest BCUT2D eigenvalue weighted by molar-refractivity contribution is 14.1. The number of nitrogens with zero attached hydrogens (tertiary/aromatic N) is 1. The van der Waals surface area contributed by atoms with E-state index in [4.69, 9.17) is 0 Å². The topological polar surface area (TPSA) is 20.3 Å². The number of alkyl halides is 1. The summed E-state index contributed by atoms with van der Waals surface area (Å²) in [5, 5.41) is 0. The summed E-state index contributed by atoms with van der Waals surface area (Å²) in [5.41, 5.74) is 0. The Labute approximate surface area is 102 Å². The Morgan fingerprint density at radius 2 is 1.79 bits per heavy atom. The Balaban J connectivity index is 4.26. The second kappa shape index (κ2) is 5.33. The molecule has 0 aliphatic rings. The van der Waals surface area contributed by atoms with E-state index in [0.717, 1.165) is 6.42 Å². The lowest BCUT2D eigenvalue weighted by Crippen LogP contribution is -2.33. The second-order valence-electron chi connectivity index (χ2n) is 4.92. The number of amides is 1. The SMILES string of the molecule is CC(CC(C)(C)I)C(C)C(=O)N(C)C. The molecule has 0 rings (SSSR count).